The fourth-order valence-electron chi connectivity index (χ4n) is 2.03. The number of halogens is 7. The van der Waals surface area contributed by atoms with E-state index in [1.165, 1.54) is 5.32 Å². The van der Waals surface area contributed by atoms with Gasteiger partial charge in [-0.3, -0.25) is 14.9 Å². The molecule has 0 saturated carbocycles. The van der Waals surface area contributed by atoms with Gasteiger partial charge in [0.1, 0.15) is 5.75 Å². The SMILES string of the molecule is COc1cc([N+](=O)[O-])c(OC)cc1CCNC(=O)C(F)(F)C(F)(F)C(F)(F)F. The zero-order chi connectivity index (χ0) is 21.9. The third-order valence-electron chi connectivity index (χ3n) is 3.49. The van der Waals surface area contributed by atoms with Gasteiger partial charge in [-0.05, 0) is 12.5 Å². The predicted molar refractivity (Wildman–Crippen MR) is 78.9 cm³/mol. The van der Waals surface area contributed by atoms with Crippen molar-refractivity contribution in [3.8, 4) is 11.5 Å². The van der Waals surface area contributed by atoms with E-state index in [0.717, 1.165) is 26.4 Å². The zero-order valence-corrected chi connectivity index (χ0v) is 14.2. The van der Waals surface area contributed by atoms with Crippen molar-refractivity contribution in [2.75, 3.05) is 20.8 Å². The molecule has 7 nitrogen and oxygen atoms in total. The van der Waals surface area contributed by atoms with Gasteiger partial charge in [-0.2, -0.15) is 30.7 Å². The lowest BCUT2D eigenvalue weighted by Crippen LogP contribution is -2.59. The summed E-state index contributed by atoms with van der Waals surface area (Å²) in [6.45, 7) is -0.792. The Labute approximate surface area is 152 Å². The highest BCUT2D eigenvalue weighted by Crippen LogP contribution is 2.46. The molecule has 0 saturated heterocycles. The lowest BCUT2D eigenvalue weighted by atomic mass is 10.1. The van der Waals surface area contributed by atoms with Crippen molar-refractivity contribution in [3.63, 3.8) is 0 Å². The smallest absolute Gasteiger partial charge is 0.460 e. The monoisotopic (exact) mass is 422 g/mol. The van der Waals surface area contributed by atoms with Gasteiger partial charge < -0.3 is 14.8 Å². The van der Waals surface area contributed by atoms with Crippen LogP contribution in [0.4, 0.5) is 36.4 Å². The Morgan fingerprint density at radius 1 is 1.07 bits per heavy atom. The molecule has 0 aromatic heterocycles. The standard InChI is InChI=1S/C14H13F7N2O5/c1-27-9-6-8(23(25)26)10(28-2)5-7(9)3-4-22-11(24)12(15,16)13(17,18)14(19,20)21/h5-6H,3-4H2,1-2H3,(H,22,24). The zero-order valence-electron chi connectivity index (χ0n) is 14.2. The van der Waals surface area contributed by atoms with Crippen LogP contribution in [-0.4, -0.2) is 49.6 Å². The summed E-state index contributed by atoms with van der Waals surface area (Å²) in [6.07, 6.45) is -7.03. The van der Waals surface area contributed by atoms with Gasteiger partial charge in [0.05, 0.1) is 25.2 Å². The lowest BCUT2D eigenvalue weighted by Gasteiger charge is -2.27. The molecule has 1 aromatic rings. The molecule has 0 unspecified atom stereocenters. The van der Waals surface area contributed by atoms with Gasteiger partial charge in [0.25, 0.3) is 5.91 Å². The molecule has 0 aliphatic heterocycles. The number of methoxy groups -OCH3 is 2. The quantitative estimate of drug-likeness (QED) is 0.395. The van der Waals surface area contributed by atoms with Crippen LogP contribution in [0, 0.1) is 10.1 Å². The molecule has 0 heterocycles. The average molecular weight is 422 g/mol. The molecule has 0 bridgehead atoms. The molecule has 28 heavy (non-hydrogen) atoms. The van der Waals surface area contributed by atoms with E-state index in [-0.39, 0.29) is 17.1 Å². The molecule has 0 radical (unpaired) electrons. The van der Waals surface area contributed by atoms with Crippen molar-refractivity contribution in [3.05, 3.63) is 27.8 Å². The number of alkyl halides is 7. The molecule has 0 aliphatic rings. The number of nitro groups is 1. The van der Waals surface area contributed by atoms with Crippen LogP contribution < -0.4 is 14.8 Å². The second-order valence-corrected chi connectivity index (χ2v) is 5.25. The fourth-order valence-corrected chi connectivity index (χ4v) is 2.03. The van der Waals surface area contributed by atoms with Gasteiger partial charge in [-0.1, -0.05) is 0 Å². The third-order valence-corrected chi connectivity index (χ3v) is 3.49. The van der Waals surface area contributed by atoms with E-state index in [0.29, 0.717) is 0 Å². The van der Waals surface area contributed by atoms with Crippen LogP contribution in [0.2, 0.25) is 0 Å². The highest BCUT2D eigenvalue weighted by Gasteiger charge is 2.76. The first-order valence-electron chi connectivity index (χ1n) is 7.20. The van der Waals surface area contributed by atoms with Crippen molar-refractivity contribution >= 4 is 11.6 Å². The molecule has 158 valence electrons. The number of carbonyl (C=O) groups is 1. The topological polar surface area (TPSA) is 90.7 Å². The summed E-state index contributed by atoms with van der Waals surface area (Å²) >= 11 is 0. The molecular formula is C14H13F7N2O5. The summed E-state index contributed by atoms with van der Waals surface area (Å²) in [5.41, 5.74) is -0.417. The van der Waals surface area contributed by atoms with Crippen LogP contribution in [0.25, 0.3) is 0 Å². The van der Waals surface area contributed by atoms with Gasteiger partial charge in [0.2, 0.25) is 0 Å². The Bertz CT molecular complexity index is 752. The van der Waals surface area contributed by atoms with Crippen molar-refractivity contribution in [1.82, 2.24) is 5.32 Å². The van der Waals surface area contributed by atoms with Gasteiger partial charge in [0, 0.05) is 12.1 Å². The first-order chi connectivity index (χ1) is 12.7. The number of rotatable bonds is 8. The molecular weight excluding hydrogens is 409 g/mol. The van der Waals surface area contributed by atoms with Gasteiger partial charge >= 0.3 is 23.7 Å². The maximum absolute atomic E-state index is 13.2. The molecule has 0 atom stereocenters. The Kier molecular flexibility index (Phi) is 6.69. The van der Waals surface area contributed by atoms with Crippen LogP contribution in [0.1, 0.15) is 5.56 Å². The van der Waals surface area contributed by atoms with E-state index in [1.807, 2.05) is 0 Å². The van der Waals surface area contributed by atoms with E-state index >= 15 is 0 Å². The Hall–Kier alpha value is -2.80. The van der Waals surface area contributed by atoms with Crippen LogP contribution in [0.15, 0.2) is 12.1 Å². The predicted octanol–water partition coefficient (Wildman–Crippen LogP) is 3.10. The molecule has 1 amide bonds. The Balaban J connectivity index is 2.96. The number of hydrogen-bond acceptors (Lipinski definition) is 5. The number of ether oxygens (including phenoxy) is 2. The molecule has 1 aromatic carbocycles. The van der Waals surface area contributed by atoms with Crippen LogP contribution >= 0.6 is 0 Å². The lowest BCUT2D eigenvalue weighted by molar-refractivity contribution is -0.385. The normalized spacial score (nSPS) is 12.5. The molecule has 0 aliphatic carbocycles. The summed E-state index contributed by atoms with van der Waals surface area (Å²) in [5, 5.41) is 12.2. The van der Waals surface area contributed by atoms with Gasteiger partial charge in [-0.25, -0.2) is 0 Å². The fraction of sp³-hybridized carbons (Fsp3) is 0.500. The van der Waals surface area contributed by atoms with Gasteiger partial charge in [0.15, 0.2) is 5.75 Å². The molecule has 14 heteroatoms. The van der Waals surface area contributed by atoms with Crippen molar-refractivity contribution < 1.29 is 49.9 Å². The van der Waals surface area contributed by atoms with Crippen LogP contribution in [0.3, 0.4) is 0 Å². The summed E-state index contributed by atoms with van der Waals surface area (Å²) in [7, 11) is 2.21. The molecule has 0 spiro atoms. The molecule has 0 fully saturated rings. The minimum atomic E-state index is -6.64. The third kappa shape index (κ3) is 4.36. The number of nitrogens with zero attached hydrogens (tertiary/aromatic N) is 1. The van der Waals surface area contributed by atoms with E-state index in [4.69, 9.17) is 9.47 Å². The second-order valence-electron chi connectivity index (χ2n) is 5.25. The van der Waals surface area contributed by atoms with Crippen molar-refractivity contribution in [1.29, 1.82) is 0 Å². The van der Waals surface area contributed by atoms with Gasteiger partial charge in [-0.15, -0.1) is 0 Å². The summed E-state index contributed by atoms with van der Waals surface area (Å²) in [5.74, 6) is -15.8. The van der Waals surface area contributed by atoms with Crippen LogP contribution in [-0.2, 0) is 11.2 Å². The largest absolute Gasteiger partial charge is 0.496 e. The van der Waals surface area contributed by atoms with E-state index in [1.54, 1.807) is 0 Å². The maximum atomic E-state index is 13.2. The average Bonchev–Trinajstić information content (AvgIpc) is 2.59. The first-order valence-corrected chi connectivity index (χ1v) is 7.20. The minimum absolute atomic E-state index is 0.0798. The van der Waals surface area contributed by atoms with E-state index < -0.39 is 47.5 Å². The molecule has 1 N–H and O–H groups in total. The number of nitrogens with one attached hydrogen (secondary N) is 1. The number of nitro benzene ring substituents is 1. The maximum Gasteiger partial charge on any atom is 0.460 e. The summed E-state index contributed by atoms with van der Waals surface area (Å²) < 4.78 is 97.9. The van der Waals surface area contributed by atoms with Crippen LogP contribution in [0.5, 0.6) is 11.5 Å². The first kappa shape index (κ1) is 23.2. The summed E-state index contributed by atoms with van der Waals surface area (Å²) in [4.78, 5) is 21.3. The highest BCUT2D eigenvalue weighted by atomic mass is 19.4. The van der Waals surface area contributed by atoms with E-state index in [9.17, 15) is 45.6 Å². The Morgan fingerprint density at radius 3 is 2.04 bits per heavy atom. The number of hydrogen-bond donors (Lipinski definition) is 1. The number of benzene rings is 1. The van der Waals surface area contributed by atoms with E-state index in [2.05, 4.69) is 0 Å². The highest BCUT2D eigenvalue weighted by molar-refractivity contribution is 5.84. The van der Waals surface area contributed by atoms with Crippen molar-refractivity contribution in [2.24, 2.45) is 0 Å². The second kappa shape index (κ2) is 8.06. The summed E-state index contributed by atoms with van der Waals surface area (Å²) in [6, 6.07) is 2.01. The minimum Gasteiger partial charge on any atom is -0.496 e. The molecule has 1 rings (SSSR count). The van der Waals surface area contributed by atoms with Crippen molar-refractivity contribution in [2.45, 2.75) is 24.4 Å². The Morgan fingerprint density at radius 2 is 1.61 bits per heavy atom. The number of carbonyl (C=O) groups excluding carboxylic acids is 1. The number of amides is 1.